The highest BCUT2D eigenvalue weighted by Crippen LogP contribution is 2.40. The lowest BCUT2D eigenvalue weighted by atomic mass is 9.95. The first-order valence-corrected chi connectivity index (χ1v) is 15.6. The summed E-state index contributed by atoms with van der Waals surface area (Å²) in [4.78, 5) is 32.6. The van der Waals surface area contributed by atoms with Crippen molar-refractivity contribution in [1.29, 1.82) is 0 Å². The van der Waals surface area contributed by atoms with Crippen LogP contribution in [0.1, 0.15) is 42.4 Å². The van der Waals surface area contributed by atoms with E-state index in [0.29, 0.717) is 36.6 Å². The van der Waals surface area contributed by atoms with Crippen LogP contribution in [0.2, 0.25) is 0 Å². The lowest BCUT2D eigenvalue weighted by Crippen LogP contribution is -2.40. The summed E-state index contributed by atoms with van der Waals surface area (Å²) in [6, 6.07) is 12.9. The molecule has 0 bridgehead atoms. The first-order valence-electron chi connectivity index (χ1n) is 13.2. The van der Waals surface area contributed by atoms with Gasteiger partial charge in [0.1, 0.15) is 0 Å². The lowest BCUT2D eigenvalue weighted by molar-refractivity contribution is -0.139. The zero-order valence-electron chi connectivity index (χ0n) is 24.0. The number of carbonyl (C=O) groups excluding carboxylic acids is 1. The number of aromatic nitrogens is 2. The van der Waals surface area contributed by atoms with E-state index < -0.39 is 12.0 Å². The number of benzene rings is 2. The van der Waals surface area contributed by atoms with Gasteiger partial charge < -0.3 is 18.8 Å². The number of thiazole rings is 1. The van der Waals surface area contributed by atoms with Gasteiger partial charge in [-0.25, -0.2) is 9.79 Å². The van der Waals surface area contributed by atoms with Gasteiger partial charge in [-0.05, 0) is 87.4 Å². The highest BCUT2D eigenvalue weighted by atomic mass is 79.9. The molecule has 1 aliphatic rings. The quantitative estimate of drug-likeness (QED) is 0.228. The number of hydrogen-bond donors (Lipinski definition) is 0. The van der Waals surface area contributed by atoms with Gasteiger partial charge in [0, 0.05) is 26.0 Å². The van der Waals surface area contributed by atoms with Crippen LogP contribution in [0.4, 0.5) is 0 Å². The Morgan fingerprint density at radius 3 is 2.36 bits per heavy atom. The fraction of sp³-hybridized carbons (Fsp3) is 0.258. The van der Waals surface area contributed by atoms with Crippen LogP contribution >= 0.6 is 43.2 Å². The average molecular weight is 715 g/mol. The Morgan fingerprint density at radius 2 is 1.71 bits per heavy atom. The predicted molar refractivity (Wildman–Crippen MR) is 171 cm³/mol. The van der Waals surface area contributed by atoms with Crippen molar-refractivity contribution in [2.45, 2.75) is 33.7 Å². The van der Waals surface area contributed by atoms with E-state index in [9.17, 15) is 9.59 Å². The molecular formula is C31H29Br2N3O5S. The summed E-state index contributed by atoms with van der Waals surface area (Å²) in [5, 5.41) is 0. The molecule has 11 heteroatoms. The molecule has 1 atom stereocenters. The monoisotopic (exact) mass is 713 g/mol. The van der Waals surface area contributed by atoms with Crippen LogP contribution in [0.15, 0.2) is 72.5 Å². The van der Waals surface area contributed by atoms with Crippen LogP contribution in [0, 0.1) is 13.8 Å². The number of rotatable bonds is 7. The molecule has 0 amide bonds. The summed E-state index contributed by atoms with van der Waals surface area (Å²) in [5.74, 6) is 0.453. The first kappa shape index (κ1) is 30.1. The lowest BCUT2D eigenvalue weighted by Gasteiger charge is -2.26. The van der Waals surface area contributed by atoms with Crippen LogP contribution in [0.3, 0.4) is 0 Å². The Kier molecular flexibility index (Phi) is 8.63. The van der Waals surface area contributed by atoms with Gasteiger partial charge in [-0.2, -0.15) is 0 Å². The summed E-state index contributed by atoms with van der Waals surface area (Å²) in [6.45, 7) is 7.77. The molecule has 0 saturated heterocycles. The number of nitrogens with zero attached hydrogens (tertiary/aromatic N) is 3. The van der Waals surface area contributed by atoms with E-state index in [-0.39, 0.29) is 17.7 Å². The van der Waals surface area contributed by atoms with Gasteiger partial charge in [0.05, 0.1) is 42.7 Å². The maximum atomic E-state index is 14.2. The number of aryl methyl sites for hydroxylation is 1. The average Bonchev–Trinajstić information content (AvgIpc) is 3.42. The highest BCUT2D eigenvalue weighted by Gasteiger charge is 2.35. The van der Waals surface area contributed by atoms with Crippen molar-refractivity contribution in [3.05, 3.63) is 105 Å². The second-order valence-electron chi connectivity index (χ2n) is 9.67. The molecule has 0 fully saturated rings. The van der Waals surface area contributed by atoms with Crippen molar-refractivity contribution >= 4 is 55.2 Å². The van der Waals surface area contributed by atoms with Crippen molar-refractivity contribution in [1.82, 2.24) is 9.13 Å². The molecule has 0 radical (unpaired) electrons. The molecule has 218 valence electrons. The fourth-order valence-corrected chi connectivity index (χ4v) is 7.07. The molecule has 8 nitrogen and oxygen atoms in total. The van der Waals surface area contributed by atoms with Gasteiger partial charge in [0.2, 0.25) is 0 Å². The van der Waals surface area contributed by atoms with E-state index in [1.807, 2.05) is 44.2 Å². The molecule has 1 aliphatic heterocycles. The van der Waals surface area contributed by atoms with Gasteiger partial charge in [0.25, 0.3) is 5.56 Å². The number of carbonyl (C=O) groups is 1. The second kappa shape index (κ2) is 12.1. The van der Waals surface area contributed by atoms with Crippen LogP contribution in [0.25, 0.3) is 11.8 Å². The van der Waals surface area contributed by atoms with E-state index in [0.717, 1.165) is 27.1 Å². The maximum absolute atomic E-state index is 14.2. The minimum atomic E-state index is -0.799. The highest BCUT2D eigenvalue weighted by molar-refractivity contribution is 9.10. The molecule has 0 saturated carbocycles. The predicted octanol–water partition coefficient (Wildman–Crippen LogP) is 5.75. The molecule has 0 aliphatic carbocycles. The van der Waals surface area contributed by atoms with Crippen LogP contribution in [-0.4, -0.2) is 35.9 Å². The van der Waals surface area contributed by atoms with Crippen molar-refractivity contribution in [2.24, 2.45) is 4.99 Å². The zero-order valence-corrected chi connectivity index (χ0v) is 27.9. The number of esters is 1. The standard InChI is InChI=1S/C31H29Br2N3O5S/c1-7-41-30(38)27-17(3)34-31-36(28(27)22-14-24(39-5)25(40-6)15-23(22)33)29(37)26(42-31)13-19-12-16(2)35(18(19)4)21-10-8-20(32)9-11-21/h8-15,28H,7H2,1-6H3/b26-13-/t28-/m1/s1. The van der Waals surface area contributed by atoms with E-state index in [1.54, 1.807) is 44.8 Å². The van der Waals surface area contributed by atoms with Crippen molar-refractivity contribution in [3.63, 3.8) is 0 Å². The first-order chi connectivity index (χ1) is 20.1. The van der Waals surface area contributed by atoms with Gasteiger partial charge in [-0.3, -0.25) is 9.36 Å². The number of fused-ring (bicyclic) bond motifs is 1. The number of hydrogen-bond acceptors (Lipinski definition) is 7. The molecule has 0 N–H and O–H groups in total. The molecule has 42 heavy (non-hydrogen) atoms. The minimum absolute atomic E-state index is 0.188. The van der Waals surface area contributed by atoms with Gasteiger partial charge in [-0.1, -0.05) is 43.2 Å². The van der Waals surface area contributed by atoms with Gasteiger partial charge in [0.15, 0.2) is 16.3 Å². The summed E-state index contributed by atoms with van der Waals surface area (Å²) in [6.07, 6.45) is 1.89. The van der Waals surface area contributed by atoms with Gasteiger partial charge in [-0.15, -0.1) is 0 Å². The zero-order chi connectivity index (χ0) is 30.3. The van der Waals surface area contributed by atoms with E-state index in [4.69, 9.17) is 19.2 Å². The molecule has 0 unspecified atom stereocenters. The molecular weight excluding hydrogens is 686 g/mol. The number of methoxy groups -OCH3 is 2. The Morgan fingerprint density at radius 1 is 1.05 bits per heavy atom. The van der Waals surface area contributed by atoms with Crippen LogP contribution < -0.4 is 24.4 Å². The third-order valence-electron chi connectivity index (χ3n) is 7.16. The van der Waals surface area contributed by atoms with E-state index in [2.05, 4.69) is 42.5 Å². The third-order valence-corrected chi connectivity index (χ3v) is 9.35. The summed E-state index contributed by atoms with van der Waals surface area (Å²) >= 11 is 8.43. The Balaban J connectivity index is 1.73. The molecule has 5 rings (SSSR count). The fourth-order valence-electron chi connectivity index (χ4n) is 5.23. The Hall–Kier alpha value is -3.41. The number of halogens is 2. The summed E-state index contributed by atoms with van der Waals surface area (Å²) in [5.41, 5.74) is 5.16. The molecule has 4 aromatic rings. The molecule has 2 aromatic carbocycles. The summed E-state index contributed by atoms with van der Waals surface area (Å²) < 4.78 is 22.3. The van der Waals surface area contributed by atoms with E-state index >= 15 is 0 Å². The van der Waals surface area contributed by atoms with Crippen molar-refractivity contribution < 1.29 is 19.0 Å². The Bertz CT molecular complexity index is 1920. The maximum Gasteiger partial charge on any atom is 0.338 e. The normalized spacial score (nSPS) is 15.0. The Labute approximate surface area is 263 Å². The van der Waals surface area contributed by atoms with Crippen LogP contribution in [-0.2, 0) is 9.53 Å². The van der Waals surface area contributed by atoms with Crippen LogP contribution in [0.5, 0.6) is 11.5 Å². The van der Waals surface area contributed by atoms with Crippen molar-refractivity contribution in [2.75, 3.05) is 20.8 Å². The summed E-state index contributed by atoms with van der Waals surface area (Å²) in [7, 11) is 3.09. The SMILES string of the molecule is CCOC(=O)C1=C(C)N=c2s/c(=C\c3cc(C)n(-c4ccc(Br)cc4)c3C)c(=O)n2[C@@H]1c1cc(OC)c(OC)cc1Br. The number of allylic oxidation sites excluding steroid dienone is 1. The smallest absolute Gasteiger partial charge is 0.338 e. The minimum Gasteiger partial charge on any atom is -0.493 e. The number of ether oxygens (including phenoxy) is 3. The largest absolute Gasteiger partial charge is 0.493 e. The van der Waals surface area contributed by atoms with Gasteiger partial charge >= 0.3 is 5.97 Å². The van der Waals surface area contributed by atoms with Crippen molar-refractivity contribution in [3.8, 4) is 17.2 Å². The molecule has 3 heterocycles. The molecule has 2 aromatic heterocycles. The molecule has 0 spiro atoms. The van der Waals surface area contributed by atoms with E-state index in [1.165, 1.54) is 11.3 Å². The second-order valence-corrected chi connectivity index (χ2v) is 12.4. The third kappa shape index (κ3) is 5.29. The topological polar surface area (TPSA) is 84.1 Å².